The Bertz CT molecular complexity index is 1440. The van der Waals surface area contributed by atoms with E-state index in [1.54, 1.807) is 24.3 Å². The molecule has 1 spiro atoms. The van der Waals surface area contributed by atoms with Gasteiger partial charge < -0.3 is 20.3 Å². The van der Waals surface area contributed by atoms with Gasteiger partial charge in [0.2, 0.25) is 17.7 Å². The van der Waals surface area contributed by atoms with Gasteiger partial charge in [0, 0.05) is 23.3 Å². The van der Waals surface area contributed by atoms with Gasteiger partial charge in [-0.05, 0) is 48.1 Å². The number of rotatable bonds is 6. The minimum absolute atomic E-state index is 0.0242. The van der Waals surface area contributed by atoms with Gasteiger partial charge in [-0.25, -0.2) is 4.39 Å². The Labute approximate surface area is 248 Å². The van der Waals surface area contributed by atoms with E-state index >= 15 is 0 Å². The third kappa shape index (κ3) is 4.74. The van der Waals surface area contributed by atoms with Crippen molar-refractivity contribution in [3.63, 3.8) is 0 Å². The van der Waals surface area contributed by atoms with E-state index in [-0.39, 0.29) is 35.3 Å². The van der Waals surface area contributed by atoms with Crippen molar-refractivity contribution < 1.29 is 23.5 Å². The highest BCUT2D eigenvalue weighted by atomic mass is 35.5. The third-order valence-corrected chi connectivity index (χ3v) is 10.1. The Hall–Kier alpha value is -2.94. The highest BCUT2D eigenvalue weighted by Crippen LogP contribution is 2.55. The molecule has 10 heteroatoms. The summed E-state index contributed by atoms with van der Waals surface area (Å²) in [7, 11) is 0. The van der Waals surface area contributed by atoms with Gasteiger partial charge in [0.25, 0.3) is 0 Å². The van der Waals surface area contributed by atoms with Crippen LogP contribution in [0.25, 0.3) is 0 Å². The molecule has 0 aromatic heterocycles. The van der Waals surface area contributed by atoms with E-state index in [1.807, 2.05) is 12.1 Å². The molecule has 7 nitrogen and oxygen atoms in total. The number of likely N-dealkylation sites (tertiary alicyclic amines) is 1. The molecular weight excluding hydrogens is 568 g/mol. The lowest BCUT2D eigenvalue weighted by atomic mass is 9.73. The number of nitrogens with zero attached hydrogens (tertiary/aromatic N) is 1. The molecule has 1 saturated carbocycles. The summed E-state index contributed by atoms with van der Waals surface area (Å²) >= 11 is 12.4. The van der Waals surface area contributed by atoms with Gasteiger partial charge in [-0.2, -0.15) is 0 Å². The maximum absolute atomic E-state index is 14.2. The number of amides is 3. The normalized spacial score (nSPS) is 33.6. The van der Waals surface area contributed by atoms with Gasteiger partial charge in [-0.1, -0.05) is 80.2 Å². The average molecular weight is 601 g/mol. The van der Waals surface area contributed by atoms with E-state index < -0.39 is 41.3 Å². The molecule has 3 amide bonds. The predicted molar refractivity (Wildman–Crippen MR) is 154 cm³/mol. The monoisotopic (exact) mass is 599 g/mol. The van der Waals surface area contributed by atoms with Crippen LogP contribution in [0, 0.1) is 29.5 Å². The number of hydrogen-bond acceptors (Lipinski definition) is 4. The lowest BCUT2D eigenvalue weighted by molar-refractivity contribution is -0.142. The zero-order valence-corrected chi connectivity index (χ0v) is 24.3. The molecule has 41 heavy (non-hydrogen) atoms. The van der Waals surface area contributed by atoms with Gasteiger partial charge >= 0.3 is 0 Å². The molecule has 216 valence electrons. The first-order valence-corrected chi connectivity index (χ1v) is 14.8. The fourth-order valence-electron chi connectivity index (χ4n) is 7.09. The number of nitrogens with one attached hydrogen (secondary N) is 2. The summed E-state index contributed by atoms with van der Waals surface area (Å²) in [6.07, 6.45) is 5.85. The second kappa shape index (κ2) is 10.7. The molecule has 3 aliphatic heterocycles. The summed E-state index contributed by atoms with van der Waals surface area (Å²) in [6, 6.07) is 10.1. The molecule has 2 aromatic carbocycles. The minimum atomic E-state index is -1.31. The molecule has 4 aliphatic rings. The van der Waals surface area contributed by atoms with Crippen molar-refractivity contribution in [3.05, 3.63) is 76.0 Å². The molecule has 6 rings (SSSR count). The van der Waals surface area contributed by atoms with Crippen molar-refractivity contribution in [2.75, 3.05) is 5.32 Å². The second-order valence-corrected chi connectivity index (χ2v) is 12.6. The standard InChI is InChI=1S/C31H32Cl2FN3O4/c1-16-6-5-9-23(17(16)2)36-29(39)27-31-13-12-24(41-31)25(28(38)35-19-10-11-22(34)21(33)14-19)26(31)30(40)37(27)15-18-7-3-4-8-20(18)32/h3-4,7-8,10-14,16-17,23-27H,5-6,9,15H2,1-2H3,(H,35,38)(H,36,39)/t16?,17?,23?,24-,25?,26-,27?,31?/m1/s1. The fraction of sp³-hybridized carbons (Fsp3) is 0.452. The van der Waals surface area contributed by atoms with Crippen LogP contribution >= 0.6 is 23.2 Å². The number of anilines is 1. The number of ether oxygens (including phenoxy) is 1. The Kier molecular flexibility index (Phi) is 7.37. The van der Waals surface area contributed by atoms with E-state index in [1.165, 1.54) is 17.0 Å². The summed E-state index contributed by atoms with van der Waals surface area (Å²) < 4.78 is 20.1. The molecule has 2 saturated heterocycles. The van der Waals surface area contributed by atoms with E-state index in [0.717, 1.165) is 25.3 Å². The third-order valence-electron chi connectivity index (χ3n) is 9.45. The zero-order chi connectivity index (χ0) is 29.1. The molecule has 1 aliphatic carbocycles. The first kappa shape index (κ1) is 28.2. The number of benzene rings is 2. The van der Waals surface area contributed by atoms with Crippen LogP contribution in [0.5, 0.6) is 0 Å². The Morgan fingerprint density at radius 1 is 1.10 bits per heavy atom. The number of carbonyl (C=O) groups excluding carboxylic acids is 3. The van der Waals surface area contributed by atoms with Gasteiger partial charge in [0.15, 0.2) is 0 Å². The van der Waals surface area contributed by atoms with E-state index in [0.29, 0.717) is 22.2 Å². The van der Waals surface area contributed by atoms with E-state index in [2.05, 4.69) is 24.5 Å². The number of carbonyl (C=O) groups is 3. The van der Waals surface area contributed by atoms with Gasteiger partial charge in [0.1, 0.15) is 17.5 Å². The van der Waals surface area contributed by atoms with E-state index in [4.69, 9.17) is 27.9 Å². The van der Waals surface area contributed by atoms with Crippen LogP contribution in [0.3, 0.4) is 0 Å². The lowest BCUT2D eigenvalue weighted by Gasteiger charge is -2.38. The molecule has 3 heterocycles. The predicted octanol–water partition coefficient (Wildman–Crippen LogP) is 5.36. The second-order valence-electron chi connectivity index (χ2n) is 11.8. The van der Waals surface area contributed by atoms with Crippen molar-refractivity contribution >= 4 is 46.6 Å². The minimum Gasteiger partial charge on any atom is -0.359 e. The lowest BCUT2D eigenvalue weighted by Crippen LogP contribution is -2.57. The largest absolute Gasteiger partial charge is 0.359 e. The summed E-state index contributed by atoms with van der Waals surface area (Å²) in [5.74, 6) is -2.77. The molecule has 6 unspecified atom stereocenters. The van der Waals surface area contributed by atoms with Crippen molar-refractivity contribution in [1.29, 1.82) is 0 Å². The van der Waals surface area contributed by atoms with Gasteiger partial charge in [-0.3, -0.25) is 14.4 Å². The number of hydrogen-bond donors (Lipinski definition) is 2. The van der Waals surface area contributed by atoms with Crippen LogP contribution < -0.4 is 10.6 Å². The fourth-order valence-corrected chi connectivity index (χ4v) is 7.47. The van der Waals surface area contributed by atoms with Gasteiger partial charge in [0.05, 0.1) is 23.0 Å². The highest BCUT2D eigenvalue weighted by Gasteiger charge is 2.72. The van der Waals surface area contributed by atoms with E-state index in [9.17, 15) is 18.8 Å². The Balaban J connectivity index is 1.34. The van der Waals surface area contributed by atoms with Crippen LogP contribution in [-0.2, 0) is 25.7 Å². The zero-order valence-electron chi connectivity index (χ0n) is 22.8. The number of fused-ring (bicyclic) bond motifs is 1. The van der Waals surface area contributed by atoms with Crippen LogP contribution in [-0.4, -0.2) is 46.4 Å². The van der Waals surface area contributed by atoms with Crippen molar-refractivity contribution in [3.8, 4) is 0 Å². The molecule has 2 bridgehead atoms. The maximum atomic E-state index is 14.2. The molecule has 3 fully saturated rings. The molecule has 8 atom stereocenters. The van der Waals surface area contributed by atoms with Crippen LogP contribution in [0.2, 0.25) is 10.0 Å². The Morgan fingerprint density at radius 2 is 1.88 bits per heavy atom. The van der Waals surface area contributed by atoms with Crippen molar-refractivity contribution in [1.82, 2.24) is 10.2 Å². The van der Waals surface area contributed by atoms with Crippen molar-refractivity contribution in [2.45, 2.75) is 63.4 Å². The Morgan fingerprint density at radius 3 is 2.63 bits per heavy atom. The average Bonchev–Trinajstić information content (AvgIpc) is 3.58. The quantitative estimate of drug-likeness (QED) is 0.437. The summed E-state index contributed by atoms with van der Waals surface area (Å²) in [5, 5.41) is 6.36. The molecule has 2 aromatic rings. The number of halogens is 3. The first-order valence-electron chi connectivity index (χ1n) is 14.1. The van der Waals surface area contributed by atoms with Crippen LogP contribution in [0.4, 0.5) is 10.1 Å². The molecular formula is C31H32Cl2FN3O4. The summed E-state index contributed by atoms with van der Waals surface area (Å²) in [5.41, 5.74) is -0.314. The van der Waals surface area contributed by atoms with Crippen molar-refractivity contribution in [2.24, 2.45) is 23.7 Å². The summed E-state index contributed by atoms with van der Waals surface area (Å²) in [6.45, 7) is 4.44. The van der Waals surface area contributed by atoms with Gasteiger partial charge in [-0.15, -0.1) is 0 Å². The molecule has 0 radical (unpaired) electrons. The SMILES string of the molecule is CC1CCCC(NC(=O)C2N(Cc3ccccc3Cl)C(=O)[C@H]3C(C(=O)Nc4ccc(F)c(Cl)c4)[C@H]4C=CC23O4)C1C. The van der Waals surface area contributed by atoms with Crippen LogP contribution in [0.1, 0.15) is 38.7 Å². The maximum Gasteiger partial charge on any atom is 0.246 e. The summed E-state index contributed by atoms with van der Waals surface area (Å²) in [4.78, 5) is 43.5. The van der Waals surface area contributed by atoms with Crippen LogP contribution in [0.15, 0.2) is 54.6 Å². The molecule has 2 N–H and O–H groups in total. The first-order chi connectivity index (χ1) is 19.6. The smallest absolute Gasteiger partial charge is 0.246 e. The highest BCUT2D eigenvalue weighted by molar-refractivity contribution is 6.31. The topological polar surface area (TPSA) is 87.7 Å².